The molecule has 2 aromatic rings. The lowest BCUT2D eigenvalue weighted by Crippen LogP contribution is -2.06. The van der Waals surface area contributed by atoms with Crippen molar-refractivity contribution in [3.05, 3.63) is 58.1 Å². The third-order valence-electron chi connectivity index (χ3n) is 2.58. The van der Waals surface area contributed by atoms with Gasteiger partial charge >= 0.3 is 0 Å². The molecular formula is C14H14BrFN2O. The van der Waals surface area contributed by atoms with Crippen molar-refractivity contribution in [2.24, 2.45) is 0 Å². The Morgan fingerprint density at radius 2 is 2.16 bits per heavy atom. The second kappa shape index (κ2) is 6.63. The summed E-state index contributed by atoms with van der Waals surface area (Å²) < 4.78 is 19.3. The Kier molecular flexibility index (Phi) is 4.87. The molecule has 1 N–H and O–H groups in total. The van der Waals surface area contributed by atoms with Gasteiger partial charge in [-0.15, -0.1) is 0 Å². The van der Waals surface area contributed by atoms with Gasteiger partial charge in [-0.25, -0.2) is 4.39 Å². The van der Waals surface area contributed by atoms with Gasteiger partial charge in [0.15, 0.2) is 0 Å². The number of ether oxygens (including phenoxy) is 1. The van der Waals surface area contributed by atoms with Crippen LogP contribution < -0.4 is 10.1 Å². The summed E-state index contributed by atoms with van der Waals surface area (Å²) in [7, 11) is 1.87. The van der Waals surface area contributed by atoms with Crippen LogP contribution in [0.4, 0.5) is 4.39 Å². The zero-order valence-electron chi connectivity index (χ0n) is 10.5. The minimum atomic E-state index is -0.288. The Hall–Kier alpha value is -1.46. The van der Waals surface area contributed by atoms with Crippen LogP contribution in [0, 0.1) is 5.82 Å². The van der Waals surface area contributed by atoms with Crippen LogP contribution in [0.25, 0.3) is 0 Å². The maximum Gasteiger partial charge on any atom is 0.138 e. The summed E-state index contributed by atoms with van der Waals surface area (Å²) in [4.78, 5) is 4.25. The smallest absolute Gasteiger partial charge is 0.138 e. The van der Waals surface area contributed by atoms with Crippen molar-refractivity contribution in [2.75, 3.05) is 7.05 Å². The molecule has 0 aliphatic carbocycles. The van der Waals surface area contributed by atoms with Gasteiger partial charge in [-0.1, -0.05) is 12.1 Å². The molecule has 1 aromatic heterocycles. The highest BCUT2D eigenvalue weighted by Crippen LogP contribution is 2.22. The van der Waals surface area contributed by atoms with E-state index in [0.717, 1.165) is 17.8 Å². The fraction of sp³-hybridized carbons (Fsp3) is 0.214. The maximum absolute atomic E-state index is 13.3. The van der Waals surface area contributed by atoms with Crippen LogP contribution in [0.1, 0.15) is 11.3 Å². The van der Waals surface area contributed by atoms with Crippen LogP contribution in [-0.2, 0) is 13.2 Å². The molecule has 0 bridgehead atoms. The molecule has 1 aromatic carbocycles. The largest absolute Gasteiger partial charge is 0.487 e. The first-order valence-electron chi connectivity index (χ1n) is 5.86. The number of pyridine rings is 1. The van der Waals surface area contributed by atoms with Crippen molar-refractivity contribution in [2.45, 2.75) is 13.2 Å². The van der Waals surface area contributed by atoms with Gasteiger partial charge < -0.3 is 10.1 Å². The van der Waals surface area contributed by atoms with E-state index >= 15 is 0 Å². The number of halogens is 2. The lowest BCUT2D eigenvalue weighted by Gasteiger charge is -2.08. The number of aromatic nitrogens is 1. The number of nitrogens with zero attached hydrogens (tertiary/aromatic N) is 1. The Balaban J connectivity index is 2.00. The number of nitrogens with one attached hydrogen (secondary N) is 1. The molecule has 0 saturated heterocycles. The highest BCUT2D eigenvalue weighted by Gasteiger charge is 2.05. The molecule has 0 saturated carbocycles. The molecule has 0 spiro atoms. The van der Waals surface area contributed by atoms with Crippen molar-refractivity contribution in [3.63, 3.8) is 0 Å². The van der Waals surface area contributed by atoms with Gasteiger partial charge in [0.1, 0.15) is 18.2 Å². The lowest BCUT2D eigenvalue weighted by atomic mass is 10.2. The predicted molar refractivity (Wildman–Crippen MR) is 75.4 cm³/mol. The second-order valence-electron chi connectivity index (χ2n) is 4.02. The summed E-state index contributed by atoms with van der Waals surface area (Å²) >= 11 is 3.21. The van der Waals surface area contributed by atoms with Crippen molar-refractivity contribution in [1.29, 1.82) is 0 Å². The first kappa shape index (κ1) is 14.0. The summed E-state index contributed by atoms with van der Waals surface area (Å²) in [5.74, 6) is 0.375. The van der Waals surface area contributed by atoms with Crippen molar-refractivity contribution in [3.8, 4) is 5.75 Å². The molecule has 19 heavy (non-hydrogen) atoms. The van der Waals surface area contributed by atoms with E-state index in [9.17, 15) is 4.39 Å². The third-order valence-corrected chi connectivity index (χ3v) is 3.47. The van der Waals surface area contributed by atoms with Gasteiger partial charge in [-0.2, -0.15) is 0 Å². The molecule has 0 fully saturated rings. The van der Waals surface area contributed by atoms with Crippen LogP contribution in [0.15, 0.2) is 41.0 Å². The van der Waals surface area contributed by atoms with Gasteiger partial charge in [-0.3, -0.25) is 4.98 Å². The number of hydrogen-bond acceptors (Lipinski definition) is 3. The first-order chi connectivity index (χ1) is 9.20. The van der Waals surface area contributed by atoms with Gasteiger partial charge in [0.05, 0.1) is 16.4 Å². The number of benzene rings is 1. The average Bonchev–Trinajstić information content (AvgIpc) is 2.42. The monoisotopic (exact) mass is 324 g/mol. The SMILES string of the molecule is CNCc1ccc(OCc2cccc(F)c2Br)cn1. The lowest BCUT2D eigenvalue weighted by molar-refractivity contribution is 0.303. The molecule has 2 rings (SSSR count). The van der Waals surface area contributed by atoms with E-state index in [1.54, 1.807) is 12.3 Å². The zero-order valence-corrected chi connectivity index (χ0v) is 12.1. The standard InChI is InChI=1S/C14H14BrFN2O/c1-17-7-11-5-6-12(8-18-11)19-9-10-3-2-4-13(16)14(10)15/h2-6,8,17H,7,9H2,1H3. The van der Waals surface area contributed by atoms with Crippen LogP contribution >= 0.6 is 15.9 Å². The Morgan fingerprint density at radius 3 is 2.84 bits per heavy atom. The van der Waals surface area contributed by atoms with E-state index < -0.39 is 0 Å². The van der Waals surface area contributed by atoms with E-state index in [-0.39, 0.29) is 5.82 Å². The van der Waals surface area contributed by atoms with E-state index in [0.29, 0.717) is 16.8 Å². The van der Waals surface area contributed by atoms with Crippen LogP contribution in [0.2, 0.25) is 0 Å². The zero-order chi connectivity index (χ0) is 13.7. The van der Waals surface area contributed by atoms with Crippen LogP contribution in [-0.4, -0.2) is 12.0 Å². The number of hydrogen-bond donors (Lipinski definition) is 1. The quantitative estimate of drug-likeness (QED) is 0.916. The topological polar surface area (TPSA) is 34.1 Å². The molecule has 0 atom stereocenters. The molecule has 100 valence electrons. The summed E-state index contributed by atoms with van der Waals surface area (Å²) in [6.07, 6.45) is 1.67. The Labute approximate surface area is 119 Å². The molecule has 0 radical (unpaired) electrons. The van der Waals surface area contributed by atoms with E-state index in [2.05, 4.69) is 26.2 Å². The molecule has 5 heteroatoms. The molecule has 0 aliphatic rings. The molecule has 0 unspecified atom stereocenters. The van der Waals surface area contributed by atoms with Gasteiger partial charge in [0.2, 0.25) is 0 Å². The van der Waals surface area contributed by atoms with Crippen LogP contribution in [0.3, 0.4) is 0 Å². The maximum atomic E-state index is 13.3. The van der Waals surface area contributed by atoms with E-state index in [1.165, 1.54) is 6.07 Å². The first-order valence-corrected chi connectivity index (χ1v) is 6.65. The minimum Gasteiger partial charge on any atom is -0.487 e. The Morgan fingerprint density at radius 1 is 1.32 bits per heavy atom. The van der Waals surface area contributed by atoms with Crippen LogP contribution in [0.5, 0.6) is 5.75 Å². The fourth-order valence-corrected chi connectivity index (χ4v) is 1.98. The van der Waals surface area contributed by atoms with Crippen molar-refractivity contribution >= 4 is 15.9 Å². The predicted octanol–water partition coefficient (Wildman–Crippen LogP) is 3.28. The molecule has 0 aliphatic heterocycles. The fourth-order valence-electron chi connectivity index (χ4n) is 1.60. The minimum absolute atomic E-state index is 0.288. The van der Waals surface area contributed by atoms with Gasteiger partial charge in [0.25, 0.3) is 0 Å². The second-order valence-corrected chi connectivity index (χ2v) is 4.81. The molecule has 1 heterocycles. The number of rotatable bonds is 5. The highest BCUT2D eigenvalue weighted by molar-refractivity contribution is 9.10. The highest BCUT2D eigenvalue weighted by atomic mass is 79.9. The molecular weight excluding hydrogens is 311 g/mol. The van der Waals surface area contributed by atoms with Gasteiger partial charge in [-0.05, 0) is 41.2 Å². The van der Waals surface area contributed by atoms with Crippen molar-refractivity contribution < 1.29 is 9.13 Å². The summed E-state index contributed by atoms with van der Waals surface area (Å²) in [5, 5.41) is 3.02. The molecule has 3 nitrogen and oxygen atoms in total. The van der Waals surface area contributed by atoms with E-state index in [1.807, 2.05) is 25.2 Å². The average molecular weight is 325 g/mol. The summed E-state index contributed by atoms with van der Waals surface area (Å²) in [5.41, 5.74) is 1.71. The third kappa shape index (κ3) is 3.75. The normalized spacial score (nSPS) is 10.5. The summed E-state index contributed by atoms with van der Waals surface area (Å²) in [6.45, 7) is 1.02. The van der Waals surface area contributed by atoms with Crippen molar-refractivity contribution in [1.82, 2.24) is 10.3 Å². The summed E-state index contributed by atoms with van der Waals surface area (Å²) in [6, 6.07) is 8.63. The van der Waals surface area contributed by atoms with Gasteiger partial charge in [0, 0.05) is 12.1 Å². The van der Waals surface area contributed by atoms with E-state index in [4.69, 9.17) is 4.74 Å². The Bertz CT molecular complexity index is 546. The molecule has 0 amide bonds.